The molecule has 2 heterocycles. The summed E-state index contributed by atoms with van der Waals surface area (Å²) in [5.41, 5.74) is 5.52. The van der Waals surface area contributed by atoms with Gasteiger partial charge in [0.25, 0.3) is 0 Å². The first-order valence-electron chi connectivity index (χ1n) is 10.4. The summed E-state index contributed by atoms with van der Waals surface area (Å²) in [6.45, 7) is 4.26. The zero-order chi connectivity index (χ0) is 21.8. The molecule has 0 aliphatic rings. The Morgan fingerprint density at radius 2 is 1.74 bits per heavy atom. The SMILES string of the molecule is Cc1nc2c(OCc3ccccc3)c(CC[C@@H](O)c3ccccc3)c([C]=O)cn2c1C. The van der Waals surface area contributed by atoms with E-state index in [-0.39, 0.29) is 0 Å². The molecule has 1 radical (unpaired) electrons. The number of pyridine rings is 1. The van der Waals surface area contributed by atoms with E-state index in [4.69, 9.17) is 9.72 Å². The van der Waals surface area contributed by atoms with Crippen molar-refractivity contribution in [2.45, 2.75) is 39.4 Å². The van der Waals surface area contributed by atoms with Crippen molar-refractivity contribution in [2.24, 2.45) is 0 Å². The molecule has 0 aliphatic heterocycles. The molecular weight excluding hydrogens is 388 g/mol. The monoisotopic (exact) mass is 413 g/mol. The molecule has 5 nitrogen and oxygen atoms in total. The van der Waals surface area contributed by atoms with E-state index in [1.54, 1.807) is 6.20 Å². The predicted molar refractivity (Wildman–Crippen MR) is 120 cm³/mol. The number of aromatic nitrogens is 2. The third-order valence-corrected chi connectivity index (χ3v) is 5.64. The fourth-order valence-electron chi connectivity index (χ4n) is 3.75. The number of aliphatic hydroxyl groups excluding tert-OH is 1. The largest absolute Gasteiger partial charge is 0.485 e. The molecule has 0 spiro atoms. The van der Waals surface area contributed by atoms with E-state index in [0.717, 1.165) is 28.1 Å². The minimum absolute atomic E-state index is 0.359. The van der Waals surface area contributed by atoms with E-state index in [1.807, 2.05) is 78.9 Å². The molecule has 2 aromatic heterocycles. The van der Waals surface area contributed by atoms with E-state index in [1.165, 1.54) is 0 Å². The van der Waals surface area contributed by atoms with Gasteiger partial charge < -0.3 is 14.2 Å². The number of carbonyl (C=O) groups excluding carboxylic acids is 1. The maximum atomic E-state index is 11.9. The van der Waals surface area contributed by atoms with Crippen LogP contribution in [0.15, 0.2) is 66.9 Å². The summed E-state index contributed by atoms with van der Waals surface area (Å²) in [6.07, 6.45) is 4.11. The standard InChI is InChI=1S/C26H25N2O3/c1-18-19(2)28-15-22(16-29)23(13-14-24(30)21-11-7-4-8-12-21)25(26(28)27-18)31-17-20-9-5-3-6-10-20/h3-12,15,24,30H,13-14,17H2,1-2H3/t24-/m1/s1. The molecule has 1 atom stereocenters. The van der Waals surface area contributed by atoms with Gasteiger partial charge in [0.1, 0.15) is 6.61 Å². The van der Waals surface area contributed by atoms with Crippen LogP contribution in [0.4, 0.5) is 0 Å². The van der Waals surface area contributed by atoms with Crippen LogP contribution in [0.3, 0.4) is 0 Å². The Morgan fingerprint density at radius 1 is 1.06 bits per heavy atom. The van der Waals surface area contributed by atoms with E-state index in [9.17, 15) is 9.90 Å². The minimum Gasteiger partial charge on any atom is -0.485 e. The zero-order valence-corrected chi connectivity index (χ0v) is 17.7. The lowest BCUT2D eigenvalue weighted by Gasteiger charge is -2.17. The second-order valence-corrected chi connectivity index (χ2v) is 7.67. The Labute approximate surface area is 182 Å². The third-order valence-electron chi connectivity index (χ3n) is 5.64. The van der Waals surface area contributed by atoms with Crippen LogP contribution in [0.2, 0.25) is 0 Å². The van der Waals surface area contributed by atoms with Gasteiger partial charge in [-0.05, 0) is 37.8 Å². The number of hydrogen-bond acceptors (Lipinski definition) is 4. The molecule has 31 heavy (non-hydrogen) atoms. The first kappa shape index (κ1) is 20.8. The number of benzene rings is 2. The van der Waals surface area contributed by atoms with Crippen LogP contribution in [0, 0.1) is 13.8 Å². The molecule has 0 saturated carbocycles. The lowest BCUT2D eigenvalue weighted by atomic mass is 9.98. The van der Waals surface area contributed by atoms with E-state index < -0.39 is 6.10 Å². The second kappa shape index (κ2) is 9.14. The summed E-state index contributed by atoms with van der Waals surface area (Å²) in [4.78, 5) is 16.5. The quantitative estimate of drug-likeness (QED) is 0.457. The van der Waals surface area contributed by atoms with Gasteiger partial charge in [0.05, 0.1) is 11.8 Å². The highest BCUT2D eigenvalue weighted by Gasteiger charge is 2.20. The average Bonchev–Trinajstić information content (AvgIpc) is 3.10. The van der Waals surface area contributed by atoms with Crippen LogP contribution in [0.5, 0.6) is 5.75 Å². The van der Waals surface area contributed by atoms with Gasteiger partial charge in [0.15, 0.2) is 11.4 Å². The maximum Gasteiger partial charge on any atom is 0.235 e. The highest BCUT2D eigenvalue weighted by molar-refractivity contribution is 5.81. The molecule has 157 valence electrons. The van der Waals surface area contributed by atoms with E-state index in [0.29, 0.717) is 36.4 Å². The summed E-state index contributed by atoms with van der Waals surface area (Å²) < 4.78 is 8.12. The lowest BCUT2D eigenvalue weighted by molar-refractivity contribution is 0.167. The number of fused-ring (bicyclic) bond motifs is 1. The van der Waals surface area contributed by atoms with Gasteiger partial charge in [-0.15, -0.1) is 0 Å². The van der Waals surface area contributed by atoms with Crippen molar-refractivity contribution in [2.75, 3.05) is 0 Å². The Balaban J connectivity index is 1.71. The number of aryl methyl sites for hydroxylation is 2. The molecule has 0 unspecified atom stereocenters. The molecule has 1 N–H and O–H groups in total. The van der Waals surface area contributed by atoms with Crippen molar-refractivity contribution in [3.63, 3.8) is 0 Å². The smallest absolute Gasteiger partial charge is 0.235 e. The summed E-state index contributed by atoms with van der Waals surface area (Å²) >= 11 is 0. The highest BCUT2D eigenvalue weighted by atomic mass is 16.5. The zero-order valence-electron chi connectivity index (χ0n) is 17.7. The molecule has 2 aromatic carbocycles. The normalized spacial score (nSPS) is 12.1. The van der Waals surface area contributed by atoms with Gasteiger partial charge in [-0.2, -0.15) is 0 Å². The lowest BCUT2D eigenvalue weighted by Crippen LogP contribution is -2.08. The van der Waals surface area contributed by atoms with Gasteiger partial charge in [-0.1, -0.05) is 60.7 Å². The van der Waals surface area contributed by atoms with Crippen LogP contribution in [-0.2, 0) is 17.8 Å². The van der Waals surface area contributed by atoms with Crippen molar-refractivity contribution in [3.05, 3.63) is 101 Å². The number of nitrogens with zero attached hydrogens (tertiary/aromatic N) is 2. The van der Waals surface area contributed by atoms with Gasteiger partial charge in [0, 0.05) is 23.0 Å². The van der Waals surface area contributed by atoms with Crippen LogP contribution in [0.1, 0.15) is 46.2 Å². The van der Waals surface area contributed by atoms with Crippen LogP contribution in [-0.4, -0.2) is 20.8 Å². The molecule has 0 bridgehead atoms. The third kappa shape index (κ3) is 4.37. The number of aliphatic hydroxyl groups is 1. The Hall–Kier alpha value is -3.44. The molecule has 0 fully saturated rings. The number of ether oxygens (including phenoxy) is 1. The van der Waals surface area contributed by atoms with Gasteiger partial charge >= 0.3 is 0 Å². The van der Waals surface area contributed by atoms with Gasteiger partial charge in [0.2, 0.25) is 6.29 Å². The predicted octanol–water partition coefficient (Wildman–Crippen LogP) is 4.65. The molecule has 4 aromatic rings. The molecule has 5 heteroatoms. The summed E-state index contributed by atoms with van der Waals surface area (Å²) in [5, 5.41) is 10.6. The van der Waals surface area contributed by atoms with Crippen LogP contribution in [0.25, 0.3) is 5.65 Å². The topological polar surface area (TPSA) is 63.8 Å². The van der Waals surface area contributed by atoms with Crippen molar-refractivity contribution in [3.8, 4) is 5.75 Å². The molecule has 4 rings (SSSR count). The molecule has 0 saturated heterocycles. The van der Waals surface area contributed by atoms with Crippen molar-refractivity contribution < 1.29 is 14.6 Å². The first-order valence-corrected chi connectivity index (χ1v) is 10.4. The maximum absolute atomic E-state index is 11.9. The summed E-state index contributed by atoms with van der Waals surface area (Å²) in [6, 6.07) is 19.4. The van der Waals surface area contributed by atoms with Gasteiger partial charge in [-0.3, -0.25) is 4.79 Å². The Bertz CT molecular complexity index is 1180. The van der Waals surface area contributed by atoms with E-state index in [2.05, 4.69) is 6.29 Å². The average molecular weight is 413 g/mol. The number of hydrogen-bond donors (Lipinski definition) is 1. The molecule has 0 aliphatic carbocycles. The molecular formula is C26H25N2O3. The second-order valence-electron chi connectivity index (χ2n) is 7.67. The van der Waals surface area contributed by atoms with Crippen molar-refractivity contribution >= 4 is 11.9 Å². The Morgan fingerprint density at radius 3 is 2.42 bits per heavy atom. The summed E-state index contributed by atoms with van der Waals surface area (Å²) in [7, 11) is 0. The molecule has 0 amide bonds. The summed E-state index contributed by atoms with van der Waals surface area (Å²) in [5.74, 6) is 0.571. The highest BCUT2D eigenvalue weighted by Crippen LogP contribution is 2.32. The van der Waals surface area contributed by atoms with Crippen molar-refractivity contribution in [1.82, 2.24) is 9.38 Å². The van der Waals surface area contributed by atoms with Crippen molar-refractivity contribution in [1.29, 1.82) is 0 Å². The fourth-order valence-corrected chi connectivity index (χ4v) is 3.75. The minimum atomic E-state index is -0.637. The van der Waals surface area contributed by atoms with E-state index >= 15 is 0 Å². The Kier molecular flexibility index (Phi) is 6.14. The first-order chi connectivity index (χ1) is 15.1. The van der Waals surface area contributed by atoms with Crippen LogP contribution >= 0.6 is 0 Å². The van der Waals surface area contributed by atoms with Crippen LogP contribution < -0.4 is 4.74 Å². The number of rotatable bonds is 8. The van der Waals surface area contributed by atoms with Gasteiger partial charge in [-0.25, -0.2) is 4.98 Å². The number of imidazole rings is 1. The fraction of sp³-hybridized carbons (Fsp3) is 0.231.